The lowest BCUT2D eigenvalue weighted by molar-refractivity contribution is -0.137. The normalized spacial score (nSPS) is 11.6. The van der Waals surface area contributed by atoms with Crippen molar-refractivity contribution in [1.82, 2.24) is 20.2 Å². The molecule has 0 aliphatic carbocycles. The SMILES string of the molecule is COc1ccc(-c2nnc(SCC(=O)N/N=C/c3ccc(C(F)(F)F)cc3)n2-c2ccccc2)cc1. The Morgan fingerprint density at radius 1 is 1.03 bits per heavy atom. The highest BCUT2D eigenvalue weighted by atomic mass is 32.2. The maximum Gasteiger partial charge on any atom is 0.416 e. The molecule has 4 aromatic rings. The highest BCUT2D eigenvalue weighted by Crippen LogP contribution is 2.30. The van der Waals surface area contributed by atoms with E-state index in [9.17, 15) is 18.0 Å². The van der Waals surface area contributed by atoms with Crippen molar-refractivity contribution in [2.75, 3.05) is 12.9 Å². The van der Waals surface area contributed by atoms with Gasteiger partial charge in [0.25, 0.3) is 5.91 Å². The third-order valence-electron chi connectivity index (χ3n) is 4.97. The number of hydrogen-bond donors (Lipinski definition) is 1. The molecule has 0 unspecified atom stereocenters. The number of thioether (sulfide) groups is 1. The van der Waals surface area contributed by atoms with Crippen LogP contribution in [0.2, 0.25) is 0 Å². The monoisotopic (exact) mass is 511 g/mol. The van der Waals surface area contributed by atoms with E-state index in [1.165, 1.54) is 30.1 Å². The van der Waals surface area contributed by atoms with E-state index < -0.39 is 17.6 Å². The lowest BCUT2D eigenvalue weighted by Gasteiger charge is -2.10. The van der Waals surface area contributed by atoms with Crippen molar-refractivity contribution in [1.29, 1.82) is 0 Å². The minimum Gasteiger partial charge on any atom is -0.497 e. The molecule has 1 amide bonds. The van der Waals surface area contributed by atoms with E-state index in [-0.39, 0.29) is 5.75 Å². The topological polar surface area (TPSA) is 81.4 Å². The lowest BCUT2D eigenvalue weighted by atomic mass is 10.1. The summed E-state index contributed by atoms with van der Waals surface area (Å²) in [4.78, 5) is 12.3. The lowest BCUT2D eigenvalue weighted by Crippen LogP contribution is -2.20. The first kappa shape index (κ1) is 25.0. The molecule has 11 heteroatoms. The van der Waals surface area contributed by atoms with Crippen LogP contribution in [0.25, 0.3) is 17.1 Å². The van der Waals surface area contributed by atoms with E-state index in [2.05, 4.69) is 20.7 Å². The van der Waals surface area contributed by atoms with E-state index in [1.54, 1.807) is 7.11 Å². The van der Waals surface area contributed by atoms with Gasteiger partial charge in [0.1, 0.15) is 5.75 Å². The molecule has 0 saturated carbocycles. The number of ether oxygens (including phenoxy) is 1. The molecule has 0 bridgehead atoms. The third-order valence-corrected chi connectivity index (χ3v) is 5.90. The van der Waals surface area contributed by atoms with Gasteiger partial charge in [-0.05, 0) is 54.1 Å². The van der Waals surface area contributed by atoms with Crippen LogP contribution in [0.5, 0.6) is 5.75 Å². The van der Waals surface area contributed by atoms with Crippen LogP contribution in [0.3, 0.4) is 0 Å². The molecule has 36 heavy (non-hydrogen) atoms. The van der Waals surface area contributed by atoms with E-state index in [1.807, 2.05) is 59.2 Å². The Morgan fingerprint density at radius 3 is 2.36 bits per heavy atom. The smallest absolute Gasteiger partial charge is 0.416 e. The van der Waals surface area contributed by atoms with E-state index in [4.69, 9.17) is 4.74 Å². The summed E-state index contributed by atoms with van der Waals surface area (Å²) in [6.07, 6.45) is -3.13. The summed E-state index contributed by atoms with van der Waals surface area (Å²) in [5.74, 6) is 0.911. The third kappa shape index (κ3) is 6.11. The zero-order valence-electron chi connectivity index (χ0n) is 18.9. The van der Waals surface area contributed by atoms with Gasteiger partial charge in [-0.15, -0.1) is 10.2 Å². The number of halogens is 3. The summed E-state index contributed by atoms with van der Waals surface area (Å²) in [6.45, 7) is 0. The highest BCUT2D eigenvalue weighted by Gasteiger charge is 2.29. The van der Waals surface area contributed by atoms with Crippen molar-refractivity contribution < 1.29 is 22.7 Å². The number of aromatic nitrogens is 3. The highest BCUT2D eigenvalue weighted by molar-refractivity contribution is 7.99. The molecular formula is C25H20F3N5O2S. The second-order valence-corrected chi connectivity index (χ2v) is 8.35. The number of methoxy groups -OCH3 is 1. The number of benzene rings is 3. The van der Waals surface area contributed by atoms with Crippen molar-refractivity contribution in [2.24, 2.45) is 5.10 Å². The maximum atomic E-state index is 12.7. The first-order chi connectivity index (χ1) is 17.3. The van der Waals surface area contributed by atoms with Crippen molar-refractivity contribution in [2.45, 2.75) is 11.3 Å². The standard InChI is InChI=1S/C25H20F3N5O2S/c1-35-21-13-9-18(10-14-21)23-31-32-24(33(23)20-5-3-2-4-6-20)36-16-22(34)30-29-15-17-7-11-19(12-8-17)25(26,27)28/h2-15H,16H2,1H3,(H,30,34)/b29-15+. The summed E-state index contributed by atoms with van der Waals surface area (Å²) in [6, 6.07) is 21.4. The molecule has 0 aliphatic rings. The van der Waals surface area contributed by atoms with Gasteiger partial charge < -0.3 is 4.74 Å². The van der Waals surface area contributed by atoms with Gasteiger partial charge >= 0.3 is 6.18 Å². The average molecular weight is 512 g/mol. The van der Waals surface area contributed by atoms with E-state index >= 15 is 0 Å². The number of rotatable bonds is 8. The summed E-state index contributed by atoms with van der Waals surface area (Å²) in [7, 11) is 1.59. The van der Waals surface area contributed by atoms with Gasteiger partial charge in [-0.3, -0.25) is 9.36 Å². The van der Waals surface area contributed by atoms with Crippen LogP contribution >= 0.6 is 11.8 Å². The van der Waals surface area contributed by atoms with Gasteiger partial charge in [0.05, 0.1) is 24.6 Å². The molecule has 0 fully saturated rings. The number of nitrogens with zero attached hydrogens (tertiary/aromatic N) is 4. The van der Waals surface area contributed by atoms with Gasteiger partial charge in [0.15, 0.2) is 11.0 Å². The van der Waals surface area contributed by atoms with Gasteiger partial charge in [-0.2, -0.15) is 18.3 Å². The molecule has 1 N–H and O–H groups in total. The van der Waals surface area contributed by atoms with Gasteiger partial charge in [0.2, 0.25) is 0 Å². The Balaban J connectivity index is 1.45. The number of hydrazone groups is 1. The Hall–Kier alpha value is -4.12. The molecule has 184 valence electrons. The number of nitrogens with one attached hydrogen (secondary N) is 1. The molecule has 3 aromatic carbocycles. The van der Waals surface area contributed by atoms with Crippen LogP contribution in [-0.4, -0.2) is 39.7 Å². The van der Waals surface area contributed by atoms with Gasteiger partial charge in [-0.25, -0.2) is 5.43 Å². The Bertz CT molecular complexity index is 1340. The number of alkyl halides is 3. The van der Waals surface area contributed by atoms with Crippen molar-refractivity contribution in [3.05, 3.63) is 90.0 Å². The molecule has 0 saturated heterocycles. The maximum absolute atomic E-state index is 12.7. The molecule has 0 atom stereocenters. The number of amides is 1. The van der Waals surface area contributed by atoms with Crippen molar-refractivity contribution in [3.8, 4) is 22.8 Å². The first-order valence-electron chi connectivity index (χ1n) is 10.6. The Morgan fingerprint density at radius 2 is 1.72 bits per heavy atom. The number of hydrogen-bond acceptors (Lipinski definition) is 6. The fourth-order valence-corrected chi connectivity index (χ4v) is 3.94. The summed E-state index contributed by atoms with van der Waals surface area (Å²) >= 11 is 1.18. The fourth-order valence-electron chi connectivity index (χ4n) is 3.20. The Labute approximate surface area is 209 Å². The fraction of sp³-hybridized carbons (Fsp3) is 0.120. The summed E-state index contributed by atoms with van der Waals surface area (Å²) in [5, 5.41) is 12.9. The van der Waals surface area contributed by atoms with Crippen LogP contribution < -0.4 is 10.2 Å². The molecule has 0 radical (unpaired) electrons. The number of carbonyl (C=O) groups excluding carboxylic acids is 1. The largest absolute Gasteiger partial charge is 0.497 e. The molecule has 0 spiro atoms. The molecular weight excluding hydrogens is 491 g/mol. The van der Waals surface area contributed by atoms with Crippen molar-refractivity contribution >= 4 is 23.9 Å². The predicted molar refractivity (Wildman–Crippen MR) is 131 cm³/mol. The minimum atomic E-state index is -4.41. The van der Waals surface area contributed by atoms with Crippen LogP contribution in [0.4, 0.5) is 13.2 Å². The predicted octanol–water partition coefficient (Wildman–Crippen LogP) is 5.20. The summed E-state index contributed by atoms with van der Waals surface area (Å²) in [5.41, 5.74) is 3.69. The average Bonchev–Trinajstić information content (AvgIpc) is 3.32. The first-order valence-corrected chi connectivity index (χ1v) is 11.6. The quantitative estimate of drug-likeness (QED) is 0.200. The number of para-hydroxylation sites is 1. The second-order valence-electron chi connectivity index (χ2n) is 7.41. The molecule has 0 aliphatic heterocycles. The molecule has 1 aromatic heterocycles. The van der Waals surface area contributed by atoms with Crippen molar-refractivity contribution in [3.63, 3.8) is 0 Å². The molecule has 4 rings (SSSR count). The van der Waals surface area contributed by atoms with Crippen LogP contribution in [-0.2, 0) is 11.0 Å². The minimum absolute atomic E-state index is 0.00205. The van der Waals surface area contributed by atoms with Crippen LogP contribution in [0.1, 0.15) is 11.1 Å². The Kier molecular flexibility index (Phi) is 7.69. The molecule has 7 nitrogen and oxygen atoms in total. The molecule has 1 heterocycles. The summed E-state index contributed by atoms with van der Waals surface area (Å²) < 4.78 is 45.0. The number of carbonyl (C=O) groups is 1. The zero-order valence-corrected chi connectivity index (χ0v) is 19.8. The zero-order chi connectivity index (χ0) is 25.5. The van der Waals surface area contributed by atoms with E-state index in [0.717, 1.165) is 23.4 Å². The van der Waals surface area contributed by atoms with Gasteiger partial charge in [0, 0.05) is 11.3 Å². The van der Waals surface area contributed by atoms with Gasteiger partial charge in [-0.1, -0.05) is 42.1 Å². The van der Waals surface area contributed by atoms with E-state index in [0.29, 0.717) is 22.3 Å². The van der Waals surface area contributed by atoms with Crippen LogP contribution in [0.15, 0.2) is 89.1 Å². The second kappa shape index (κ2) is 11.1. The van der Waals surface area contributed by atoms with Crippen LogP contribution in [0, 0.1) is 0 Å².